The number of hydrogen-bond donors (Lipinski definition) is 1. The van der Waals surface area contributed by atoms with Gasteiger partial charge in [0.2, 0.25) is 0 Å². The highest BCUT2D eigenvalue weighted by molar-refractivity contribution is 4.97. The SMILES string of the molecule is CNC1CC2CCC(C1)N2CC(F)F. The molecule has 2 nitrogen and oxygen atoms in total. The summed E-state index contributed by atoms with van der Waals surface area (Å²) in [5.41, 5.74) is 0. The fourth-order valence-electron chi connectivity index (χ4n) is 2.97. The summed E-state index contributed by atoms with van der Waals surface area (Å²) >= 11 is 0. The third kappa shape index (κ3) is 1.91. The van der Waals surface area contributed by atoms with Crippen molar-refractivity contribution in [3.63, 3.8) is 0 Å². The van der Waals surface area contributed by atoms with Crippen molar-refractivity contribution >= 4 is 0 Å². The van der Waals surface area contributed by atoms with Gasteiger partial charge in [0.05, 0.1) is 6.54 Å². The van der Waals surface area contributed by atoms with Crippen molar-refractivity contribution in [2.24, 2.45) is 0 Å². The number of hydrogen-bond acceptors (Lipinski definition) is 2. The molecule has 0 spiro atoms. The molecular formula is C10H18F2N2. The third-order valence-electron chi connectivity index (χ3n) is 3.64. The molecule has 14 heavy (non-hydrogen) atoms. The minimum atomic E-state index is -2.18. The molecule has 2 fully saturated rings. The Bertz CT molecular complexity index is 185. The van der Waals surface area contributed by atoms with Crippen molar-refractivity contribution in [1.82, 2.24) is 10.2 Å². The maximum Gasteiger partial charge on any atom is 0.251 e. The smallest absolute Gasteiger partial charge is 0.251 e. The van der Waals surface area contributed by atoms with Crippen LogP contribution in [0.2, 0.25) is 0 Å². The topological polar surface area (TPSA) is 15.3 Å². The van der Waals surface area contributed by atoms with Gasteiger partial charge in [-0.1, -0.05) is 0 Å². The summed E-state index contributed by atoms with van der Waals surface area (Å²) in [5, 5.41) is 3.26. The Morgan fingerprint density at radius 1 is 1.29 bits per heavy atom. The zero-order valence-corrected chi connectivity index (χ0v) is 8.55. The summed E-state index contributed by atoms with van der Waals surface area (Å²) in [6.45, 7) is -0.0221. The first-order valence-corrected chi connectivity index (χ1v) is 5.42. The first-order chi connectivity index (χ1) is 6.70. The monoisotopic (exact) mass is 204 g/mol. The van der Waals surface area contributed by atoms with E-state index in [-0.39, 0.29) is 6.54 Å². The van der Waals surface area contributed by atoms with Gasteiger partial charge in [0.1, 0.15) is 0 Å². The zero-order valence-electron chi connectivity index (χ0n) is 8.55. The van der Waals surface area contributed by atoms with E-state index in [9.17, 15) is 8.78 Å². The van der Waals surface area contributed by atoms with E-state index in [4.69, 9.17) is 0 Å². The molecule has 2 saturated heterocycles. The summed E-state index contributed by atoms with van der Waals surface area (Å²) in [5.74, 6) is 0. The van der Waals surface area contributed by atoms with E-state index < -0.39 is 6.43 Å². The number of nitrogens with one attached hydrogen (secondary N) is 1. The van der Waals surface area contributed by atoms with Gasteiger partial charge in [-0.2, -0.15) is 0 Å². The number of rotatable bonds is 3. The Hall–Kier alpha value is -0.220. The van der Waals surface area contributed by atoms with Crippen LogP contribution in [0.3, 0.4) is 0 Å². The fraction of sp³-hybridized carbons (Fsp3) is 1.00. The lowest BCUT2D eigenvalue weighted by Crippen LogP contribution is -2.49. The highest BCUT2D eigenvalue weighted by Gasteiger charge is 2.40. The average Bonchev–Trinajstić information content (AvgIpc) is 2.38. The molecule has 0 amide bonds. The van der Waals surface area contributed by atoms with E-state index in [0.29, 0.717) is 18.1 Å². The van der Waals surface area contributed by atoms with Gasteiger partial charge in [-0.05, 0) is 32.7 Å². The van der Waals surface area contributed by atoms with Crippen LogP contribution in [0.5, 0.6) is 0 Å². The van der Waals surface area contributed by atoms with E-state index in [1.807, 2.05) is 11.9 Å². The van der Waals surface area contributed by atoms with E-state index in [1.54, 1.807) is 0 Å². The predicted molar refractivity (Wildman–Crippen MR) is 51.6 cm³/mol. The average molecular weight is 204 g/mol. The van der Waals surface area contributed by atoms with Crippen LogP contribution in [0.25, 0.3) is 0 Å². The molecule has 2 rings (SSSR count). The van der Waals surface area contributed by atoms with Crippen LogP contribution in [-0.4, -0.2) is 43.0 Å². The number of halogens is 2. The van der Waals surface area contributed by atoms with Gasteiger partial charge >= 0.3 is 0 Å². The second-order valence-corrected chi connectivity index (χ2v) is 4.43. The molecule has 0 aliphatic carbocycles. The van der Waals surface area contributed by atoms with Crippen LogP contribution < -0.4 is 5.32 Å². The van der Waals surface area contributed by atoms with E-state index in [1.165, 1.54) is 0 Å². The van der Waals surface area contributed by atoms with Gasteiger partial charge in [0.15, 0.2) is 0 Å². The fourth-order valence-corrected chi connectivity index (χ4v) is 2.97. The summed E-state index contributed by atoms with van der Waals surface area (Å²) in [4.78, 5) is 2.03. The number of piperidine rings is 1. The second kappa shape index (κ2) is 4.11. The Balaban J connectivity index is 1.96. The van der Waals surface area contributed by atoms with Gasteiger partial charge in [-0.3, -0.25) is 4.90 Å². The van der Waals surface area contributed by atoms with E-state index >= 15 is 0 Å². The molecule has 82 valence electrons. The maximum absolute atomic E-state index is 12.3. The molecule has 0 saturated carbocycles. The molecule has 0 aromatic carbocycles. The molecule has 2 atom stereocenters. The van der Waals surface area contributed by atoms with E-state index in [0.717, 1.165) is 25.7 Å². The van der Waals surface area contributed by atoms with Gasteiger partial charge in [0, 0.05) is 18.1 Å². The first-order valence-electron chi connectivity index (χ1n) is 5.42. The number of fused-ring (bicyclic) bond motifs is 2. The first kappa shape index (κ1) is 10.3. The Morgan fingerprint density at radius 2 is 1.86 bits per heavy atom. The summed E-state index contributed by atoms with van der Waals surface area (Å²) < 4.78 is 24.6. The molecular weight excluding hydrogens is 186 g/mol. The highest BCUT2D eigenvalue weighted by atomic mass is 19.3. The number of nitrogens with zero attached hydrogens (tertiary/aromatic N) is 1. The van der Waals surface area contributed by atoms with Crippen LogP contribution in [-0.2, 0) is 0 Å². The number of alkyl halides is 2. The Kier molecular flexibility index (Phi) is 3.02. The van der Waals surface area contributed by atoms with Crippen molar-refractivity contribution in [2.75, 3.05) is 13.6 Å². The third-order valence-corrected chi connectivity index (χ3v) is 3.64. The van der Waals surface area contributed by atoms with Crippen molar-refractivity contribution in [2.45, 2.75) is 50.2 Å². The lowest BCUT2D eigenvalue weighted by molar-refractivity contribution is 0.0371. The van der Waals surface area contributed by atoms with Crippen molar-refractivity contribution < 1.29 is 8.78 Å². The van der Waals surface area contributed by atoms with Crippen LogP contribution in [0.1, 0.15) is 25.7 Å². The normalized spacial score (nSPS) is 38.1. The van der Waals surface area contributed by atoms with Crippen LogP contribution >= 0.6 is 0 Å². The molecule has 0 radical (unpaired) electrons. The maximum atomic E-state index is 12.3. The van der Waals surface area contributed by atoms with Gasteiger partial charge in [-0.15, -0.1) is 0 Å². The zero-order chi connectivity index (χ0) is 10.1. The van der Waals surface area contributed by atoms with E-state index in [2.05, 4.69) is 5.32 Å². The molecule has 2 aliphatic heterocycles. The van der Waals surface area contributed by atoms with Crippen LogP contribution in [0.4, 0.5) is 8.78 Å². The molecule has 0 aromatic rings. The van der Waals surface area contributed by atoms with Gasteiger partial charge in [-0.25, -0.2) is 8.78 Å². The molecule has 2 bridgehead atoms. The van der Waals surface area contributed by atoms with Crippen molar-refractivity contribution in [3.05, 3.63) is 0 Å². The standard InChI is InChI=1S/C10H18F2N2/c1-13-7-4-8-2-3-9(5-7)14(8)6-10(11)12/h7-10,13H,2-6H2,1H3. The van der Waals surface area contributed by atoms with Crippen molar-refractivity contribution in [1.29, 1.82) is 0 Å². The minimum Gasteiger partial charge on any atom is -0.317 e. The Morgan fingerprint density at radius 3 is 2.29 bits per heavy atom. The van der Waals surface area contributed by atoms with Crippen LogP contribution in [0.15, 0.2) is 0 Å². The van der Waals surface area contributed by atoms with Crippen LogP contribution in [0, 0.1) is 0 Å². The van der Waals surface area contributed by atoms with Gasteiger partial charge in [0.25, 0.3) is 6.43 Å². The Labute approximate surface area is 83.7 Å². The predicted octanol–water partition coefficient (Wildman–Crippen LogP) is 1.47. The molecule has 2 aliphatic rings. The lowest BCUT2D eigenvalue weighted by atomic mass is 9.97. The molecule has 0 aromatic heterocycles. The second-order valence-electron chi connectivity index (χ2n) is 4.43. The molecule has 1 N–H and O–H groups in total. The molecule has 4 heteroatoms. The summed E-state index contributed by atoms with van der Waals surface area (Å²) in [7, 11) is 1.97. The highest BCUT2D eigenvalue weighted by Crippen LogP contribution is 2.35. The van der Waals surface area contributed by atoms with Gasteiger partial charge < -0.3 is 5.32 Å². The minimum absolute atomic E-state index is 0.0221. The molecule has 2 unspecified atom stereocenters. The van der Waals surface area contributed by atoms with Crippen molar-refractivity contribution in [3.8, 4) is 0 Å². The lowest BCUT2D eigenvalue weighted by Gasteiger charge is -2.38. The summed E-state index contributed by atoms with van der Waals surface area (Å²) in [6, 6.07) is 1.35. The largest absolute Gasteiger partial charge is 0.317 e. The quantitative estimate of drug-likeness (QED) is 0.749. The summed E-state index contributed by atoms with van der Waals surface area (Å²) in [6.07, 6.45) is 2.12. The molecule has 2 heterocycles.